The highest BCUT2D eigenvalue weighted by Gasteiger charge is 2.41. The smallest absolute Gasteiger partial charge is 0.243 e. The normalized spacial score (nSPS) is 29.0. The molecular formula is C13H16Br2N2O2S. The SMILES string of the molecule is Nc1cc(Br)c(S(=O)(=O)NC2CC3CCC2C3)c(Br)c1. The molecule has 4 nitrogen and oxygen atoms in total. The van der Waals surface area contributed by atoms with Crippen molar-refractivity contribution in [3.63, 3.8) is 0 Å². The molecule has 2 aliphatic carbocycles. The van der Waals surface area contributed by atoms with Crippen molar-refractivity contribution < 1.29 is 8.42 Å². The molecule has 2 aliphatic rings. The molecule has 0 aliphatic heterocycles. The highest BCUT2D eigenvalue weighted by molar-refractivity contribution is 9.11. The van der Waals surface area contributed by atoms with Gasteiger partial charge in [0.1, 0.15) is 4.90 Å². The third-order valence-corrected chi connectivity index (χ3v) is 7.70. The Kier molecular flexibility index (Phi) is 3.90. The molecule has 20 heavy (non-hydrogen) atoms. The van der Waals surface area contributed by atoms with Gasteiger partial charge in [0.05, 0.1) is 0 Å². The monoisotopic (exact) mass is 422 g/mol. The Morgan fingerprint density at radius 2 is 1.80 bits per heavy atom. The maximum atomic E-state index is 12.6. The summed E-state index contributed by atoms with van der Waals surface area (Å²) < 4.78 is 29.1. The first-order valence-electron chi connectivity index (χ1n) is 6.63. The van der Waals surface area contributed by atoms with Crippen LogP contribution in [-0.2, 0) is 10.0 Å². The van der Waals surface area contributed by atoms with E-state index >= 15 is 0 Å². The van der Waals surface area contributed by atoms with Crippen LogP contribution in [0.15, 0.2) is 26.0 Å². The van der Waals surface area contributed by atoms with Crippen LogP contribution in [0.3, 0.4) is 0 Å². The molecule has 3 rings (SSSR count). The molecular weight excluding hydrogens is 408 g/mol. The number of anilines is 1. The van der Waals surface area contributed by atoms with Gasteiger partial charge in [-0.1, -0.05) is 6.42 Å². The molecule has 7 heteroatoms. The van der Waals surface area contributed by atoms with Crippen molar-refractivity contribution in [1.82, 2.24) is 4.72 Å². The first-order chi connectivity index (χ1) is 9.37. The van der Waals surface area contributed by atoms with E-state index in [1.807, 2.05) is 0 Å². The predicted molar refractivity (Wildman–Crippen MR) is 85.8 cm³/mol. The number of hydrogen-bond donors (Lipinski definition) is 2. The lowest BCUT2D eigenvalue weighted by atomic mass is 9.96. The average molecular weight is 424 g/mol. The Hall–Kier alpha value is -0.110. The summed E-state index contributed by atoms with van der Waals surface area (Å²) >= 11 is 6.59. The van der Waals surface area contributed by atoms with Crippen molar-refractivity contribution in [2.45, 2.75) is 36.6 Å². The second kappa shape index (κ2) is 5.26. The van der Waals surface area contributed by atoms with Gasteiger partial charge in [-0.15, -0.1) is 0 Å². The summed E-state index contributed by atoms with van der Waals surface area (Å²) in [6.07, 6.45) is 4.52. The van der Waals surface area contributed by atoms with E-state index in [0.717, 1.165) is 19.3 Å². The molecule has 0 amide bonds. The van der Waals surface area contributed by atoms with Crippen molar-refractivity contribution >= 4 is 47.6 Å². The van der Waals surface area contributed by atoms with E-state index in [9.17, 15) is 8.42 Å². The number of halogens is 2. The summed E-state index contributed by atoms with van der Waals surface area (Å²) in [5.74, 6) is 1.20. The van der Waals surface area contributed by atoms with Crippen LogP contribution in [0.25, 0.3) is 0 Å². The van der Waals surface area contributed by atoms with Crippen molar-refractivity contribution in [1.29, 1.82) is 0 Å². The average Bonchev–Trinajstić information content (AvgIpc) is 2.87. The lowest BCUT2D eigenvalue weighted by Crippen LogP contribution is -2.38. The first kappa shape index (κ1) is 14.8. The fraction of sp³-hybridized carbons (Fsp3) is 0.538. The number of rotatable bonds is 3. The van der Waals surface area contributed by atoms with Gasteiger partial charge in [-0.3, -0.25) is 0 Å². The highest BCUT2D eigenvalue weighted by Crippen LogP contribution is 2.45. The summed E-state index contributed by atoms with van der Waals surface area (Å²) in [6, 6.07) is 3.30. The molecule has 3 unspecified atom stereocenters. The van der Waals surface area contributed by atoms with Gasteiger partial charge in [-0.25, -0.2) is 13.1 Å². The summed E-state index contributed by atoms with van der Waals surface area (Å²) in [5, 5.41) is 0. The van der Waals surface area contributed by atoms with Crippen LogP contribution in [0, 0.1) is 11.8 Å². The molecule has 3 atom stereocenters. The van der Waals surface area contributed by atoms with Crippen LogP contribution < -0.4 is 10.5 Å². The number of benzene rings is 1. The topological polar surface area (TPSA) is 72.2 Å². The predicted octanol–water partition coefficient (Wildman–Crippen LogP) is 3.26. The Balaban J connectivity index is 1.89. The van der Waals surface area contributed by atoms with E-state index in [4.69, 9.17) is 5.73 Å². The minimum Gasteiger partial charge on any atom is -0.399 e. The number of nitrogen functional groups attached to an aromatic ring is 1. The number of sulfonamides is 1. The zero-order valence-corrected chi connectivity index (χ0v) is 14.8. The van der Waals surface area contributed by atoms with Crippen LogP contribution in [0.2, 0.25) is 0 Å². The quantitative estimate of drug-likeness (QED) is 0.732. The first-order valence-corrected chi connectivity index (χ1v) is 9.70. The Morgan fingerprint density at radius 1 is 1.15 bits per heavy atom. The van der Waals surface area contributed by atoms with Crippen LogP contribution in [0.4, 0.5) is 5.69 Å². The number of hydrogen-bond acceptors (Lipinski definition) is 3. The summed E-state index contributed by atoms with van der Waals surface area (Å²) in [6.45, 7) is 0. The number of fused-ring (bicyclic) bond motifs is 2. The highest BCUT2D eigenvalue weighted by atomic mass is 79.9. The van der Waals surface area contributed by atoms with Crippen molar-refractivity contribution in [3.05, 3.63) is 21.1 Å². The van der Waals surface area contributed by atoms with Gasteiger partial charge in [-0.05, 0) is 75.1 Å². The maximum absolute atomic E-state index is 12.6. The molecule has 2 saturated carbocycles. The molecule has 110 valence electrons. The summed E-state index contributed by atoms with van der Waals surface area (Å²) in [4.78, 5) is 0.231. The van der Waals surface area contributed by atoms with Crippen LogP contribution in [0.5, 0.6) is 0 Å². The molecule has 1 aromatic carbocycles. The molecule has 1 aromatic rings. The molecule has 3 N–H and O–H groups in total. The summed E-state index contributed by atoms with van der Waals surface area (Å²) in [7, 11) is -3.54. The second-order valence-corrected chi connectivity index (χ2v) is 9.08. The third kappa shape index (κ3) is 2.65. The third-order valence-electron chi connectivity index (χ3n) is 4.33. The molecule has 0 aromatic heterocycles. The number of nitrogens with two attached hydrogens (primary N) is 1. The van der Waals surface area contributed by atoms with E-state index in [2.05, 4.69) is 36.6 Å². The molecule has 0 radical (unpaired) electrons. The molecule has 2 fully saturated rings. The van der Waals surface area contributed by atoms with Crippen molar-refractivity contribution in [2.75, 3.05) is 5.73 Å². The Morgan fingerprint density at radius 3 is 2.30 bits per heavy atom. The van der Waals surface area contributed by atoms with E-state index < -0.39 is 10.0 Å². The Bertz CT molecular complexity index is 625. The maximum Gasteiger partial charge on any atom is 0.243 e. The van der Waals surface area contributed by atoms with Crippen LogP contribution in [-0.4, -0.2) is 14.5 Å². The van der Waals surface area contributed by atoms with Gasteiger partial charge in [0.15, 0.2) is 0 Å². The zero-order chi connectivity index (χ0) is 14.5. The fourth-order valence-corrected chi connectivity index (χ4v) is 7.42. The molecule has 2 bridgehead atoms. The summed E-state index contributed by atoms with van der Waals surface area (Å²) in [5.41, 5.74) is 6.23. The molecule has 0 saturated heterocycles. The molecule has 0 spiro atoms. The standard InChI is InChI=1S/C13H16Br2N2O2S/c14-10-5-9(16)6-11(15)13(10)20(18,19)17-12-4-7-1-2-8(12)3-7/h5-8,12,17H,1-4,16H2. The minimum atomic E-state index is -3.54. The van der Waals surface area contributed by atoms with Gasteiger partial charge in [-0.2, -0.15) is 0 Å². The Labute approximate surface area is 135 Å². The van der Waals surface area contributed by atoms with Crippen LogP contribution in [0.1, 0.15) is 25.7 Å². The lowest BCUT2D eigenvalue weighted by Gasteiger charge is -2.23. The zero-order valence-electron chi connectivity index (χ0n) is 10.8. The fourth-order valence-electron chi connectivity index (χ4n) is 3.48. The number of nitrogens with one attached hydrogen (secondary N) is 1. The lowest BCUT2D eigenvalue weighted by molar-refractivity contribution is 0.390. The van der Waals surface area contributed by atoms with E-state index in [-0.39, 0.29) is 10.9 Å². The van der Waals surface area contributed by atoms with Crippen molar-refractivity contribution in [3.8, 4) is 0 Å². The second-order valence-electron chi connectivity index (χ2n) is 5.72. The van der Waals surface area contributed by atoms with E-state index in [1.165, 1.54) is 6.42 Å². The van der Waals surface area contributed by atoms with Gasteiger partial charge < -0.3 is 5.73 Å². The van der Waals surface area contributed by atoms with Gasteiger partial charge in [0, 0.05) is 20.7 Å². The van der Waals surface area contributed by atoms with Gasteiger partial charge in [0.25, 0.3) is 0 Å². The van der Waals surface area contributed by atoms with Crippen LogP contribution >= 0.6 is 31.9 Å². The van der Waals surface area contributed by atoms with Gasteiger partial charge >= 0.3 is 0 Å². The largest absolute Gasteiger partial charge is 0.399 e. The molecule has 0 heterocycles. The van der Waals surface area contributed by atoms with E-state index in [0.29, 0.717) is 26.5 Å². The van der Waals surface area contributed by atoms with Gasteiger partial charge in [0.2, 0.25) is 10.0 Å². The van der Waals surface area contributed by atoms with E-state index in [1.54, 1.807) is 12.1 Å². The van der Waals surface area contributed by atoms with Crippen molar-refractivity contribution in [2.24, 2.45) is 11.8 Å². The minimum absolute atomic E-state index is 0.0788.